The highest BCUT2D eigenvalue weighted by atomic mass is 32.2. The number of esters is 1. The summed E-state index contributed by atoms with van der Waals surface area (Å²) in [5.74, 6) is -0.436. The number of rotatable bonds is 8. The van der Waals surface area contributed by atoms with E-state index in [1.165, 1.54) is 26.2 Å². The van der Waals surface area contributed by atoms with E-state index in [-0.39, 0.29) is 22.7 Å². The van der Waals surface area contributed by atoms with Crippen LogP contribution in [0, 0.1) is 5.92 Å². The number of piperidine rings is 1. The summed E-state index contributed by atoms with van der Waals surface area (Å²) in [5, 5.41) is 2.78. The standard InChI is InChI=1S/C19H29N3O5S/c1-4-27-19(24)15-6-5-12-22(14-15)13-11-18(23)20-16-7-9-17(10-8-16)28(25,26)21(2)3/h7-10,15H,4-6,11-14H2,1-3H3,(H,20,23). The van der Waals surface area contributed by atoms with Gasteiger partial charge in [-0.05, 0) is 50.6 Å². The lowest BCUT2D eigenvalue weighted by atomic mass is 9.98. The molecule has 0 bridgehead atoms. The Bertz CT molecular complexity index is 777. The Kier molecular flexibility index (Phi) is 7.97. The maximum atomic E-state index is 12.2. The van der Waals surface area contributed by atoms with Gasteiger partial charge in [0.15, 0.2) is 0 Å². The van der Waals surface area contributed by atoms with Crippen LogP contribution in [0.15, 0.2) is 29.2 Å². The van der Waals surface area contributed by atoms with Crippen molar-refractivity contribution in [3.05, 3.63) is 24.3 Å². The minimum absolute atomic E-state index is 0.122. The van der Waals surface area contributed by atoms with Crippen molar-refractivity contribution in [2.75, 3.05) is 45.7 Å². The number of hydrogen-bond acceptors (Lipinski definition) is 6. The van der Waals surface area contributed by atoms with E-state index in [9.17, 15) is 18.0 Å². The van der Waals surface area contributed by atoms with Crippen LogP contribution < -0.4 is 5.32 Å². The van der Waals surface area contributed by atoms with E-state index >= 15 is 0 Å². The van der Waals surface area contributed by atoms with E-state index in [4.69, 9.17) is 4.74 Å². The maximum Gasteiger partial charge on any atom is 0.310 e. The molecular weight excluding hydrogens is 382 g/mol. The van der Waals surface area contributed by atoms with Crippen molar-refractivity contribution in [1.29, 1.82) is 0 Å². The third-order valence-corrected chi connectivity index (χ3v) is 6.53. The molecule has 1 saturated heterocycles. The van der Waals surface area contributed by atoms with Gasteiger partial charge in [-0.2, -0.15) is 0 Å². The number of amides is 1. The highest BCUT2D eigenvalue weighted by molar-refractivity contribution is 7.89. The first kappa shape index (κ1) is 22.3. The average molecular weight is 412 g/mol. The Morgan fingerprint density at radius 2 is 1.93 bits per heavy atom. The van der Waals surface area contributed by atoms with Crippen LogP contribution >= 0.6 is 0 Å². The van der Waals surface area contributed by atoms with Crippen LogP contribution in [0.2, 0.25) is 0 Å². The molecule has 1 N–H and O–H groups in total. The number of benzene rings is 1. The van der Waals surface area contributed by atoms with Gasteiger partial charge in [0.05, 0.1) is 17.4 Å². The molecule has 1 aliphatic heterocycles. The van der Waals surface area contributed by atoms with Crippen LogP contribution in [-0.2, 0) is 24.3 Å². The van der Waals surface area contributed by atoms with Crippen LogP contribution in [0.1, 0.15) is 26.2 Å². The number of nitrogens with zero attached hydrogens (tertiary/aromatic N) is 2. The fourth-order valence-electron chi connectivity index (χ4n) is 3.12. The molecule has 0 saturated carbocycles. The Morgan fingerprint density at radius 1 is 1.25 bits per heavy atom. The fourth-order valence-corrected chi connectivity index (χ4v) is 4.02. The molecule has 28 heavy (non-hydrogen) atoms. The molecule has 8 nitrogen and oxygen atoms in total. The number of likely N-dealkylation sites (tertiary alicyclic amines) is 1. The highest BCUT2D eigenvalue weighted by Gasteiger charge is 2.26. The maximum absolute atomic E-state index is 12.2. The Balaban J connectivity index is 1.83. The summed E-state index contributed by atoms with van der Waals surface area (Å²) in [6.45, 7) is 4.22. The lowest BCUT2D eigenvalue weighted by Gasteiger charge is -2.31. The second kappa shape index (κ2) is 9.99. The Labute approximate surface area is 166 Å². The van der Waals surface area contributed by atoms with Crippen LogP contribution in [0.25, 0.3) is 0 Å². The number of nitrogens with one attached hydrogen (secondary N) is 1. The summed E-state index contributed by atoms with van der Waals surface area (Å²) in [5.41, 5.74) is 0.547. The second-order valence-electron chi connectivity index (χ2n) is 7.00. The molecule has 156 valence electrons. The molecule has 9 heteroatoms. The zero-order valence-electron chi connectivity index (χ0n) is 16.7. The molecule has 1 atom stereocenters. The van der Waals surface area contributed by atoms with Gasteiger partial charge in [-0.1, -0.05) is 0 Å². The van der Waals surface area contributed by atoms with Gasteiger partial charge in [-0.3, -0.25) is 9.59 Å². The van der Waals surface area contributed by atoms with E-state index in [1.54, 1.807) is 19.1 Å². The predicted octanol–water partition coefficient (Wildman–Crippen LogP) is 1.54. The quantitative estimate of drug-likeness (QED) is 0.652. The molecule has 1 amide bonds. The smallest absolute Gasteiger partial charge is 0.310 e. The first-order valence-corrected chi connectivity index (χ1v) is 10.9. The zero-order valence-corrected chi connectivity index (χ0v) is 17.5. The van der Waals surface area contributed by atoms with Crippen molar-refractivity contribution in [2.45, 2.75) is 31.1 Å². The van der Waals surface area contributed by atoms with Crippen LogP contribution in [0.4, 0.5) is 5.69 Å². The van der Waals surface area contributed by atoms with Crippen molar-refractivity contribution in [3.63, 3.8) is 0 Å². The molecular formula is C19H29N3O5S. The summed E-state index contributed by atoms with van der Waals surface area (Å²) in [6, 6.07) is 6.09. The molecule has 1 aromatic rings. The van der Waals surface area contributed by atoms with E-state index in [0.717, 1.165) is 23.7 Å². The number of ether oxygens (including phenoxy) is 1. The molecule has 2 rings (SSSR count). The summed E-state index contributed by atoms with van der Waals surface area (Å²) < 4.78 is 30.4. The molecule has 1 unspecified atom stereocenters. The van der Waals surface area contributed by atoms with E-state index < -0.39 is 10.0 Å². The monoisotopic (exact) mass is 411 g/mol. The number of carbonyl (C=O) groups excluding carboxylic acids is 2. The van der Waals surface area contributed by atoms with Crippen molar-refractivity contribution in [2.24, 2.45) is 5.92 Å². The van der Waals surface area contributed by atoms with Crippen LogP contribution in [0.3, 0.4) is 0 Å². The van der Waals surface area contributed by atoms with Gasteiger partial charge in [0, 0.05) is 39.3 Å². The predicted molar refractivity (Wildman–Crippen MR) is 106 cm³/mol. The number of sulfonamides is 1. The zero-order chi connectivity index (χ0) is 20.7. The van der Waals surface area contributed by atoms with Gasteiger partial charge in [-0.15, -0.1) is 0 Å². The normalized spacial score (nSPS) is 18.1. The van der Waals surface area contributed by atoms with Crippen molar-refractivity contribution >= 4 is 27.6 Å². The minimum Gasteiger partial charge on any atom is -0.466 e. The molecule has 0 radical (unpaired) electrons. The third-order valence-electron chi connectivity index (χ3n) is 4.70. The molecule has 1 aliphatic rings. The third kappa shape index (κ3) is 6.02. The molecule has 1 fully saturated rings. The number of hydrogen-bond donors (Lipinski definition) is 1. The molecule has 0 spiro atoms. The van der Waals surface area contributed by atoms with Gasteiger partial charge in [0.2, 0.25) is 15.9 Å². The fraction of sp³-hybridized carbons (Fsp3) is 0.579. The summed E-state index contributed by atoms with van der Waals surface area (Å²) >= 11 is 0. The van der Waals surface area contributed by atoms with E-state index in [2.05, 4.69) is 10.2 Å². The Morgan fingerprint density at radius 3 is 2.54 bits per heavy atom. The lowest BCUT2D eigenvalue weighted by molar-refractivity contribution is -0.149. The average Bonchev–Trinajstić information content (AvgIpc) is 2.67. The summed E-state index contributed by atoms with van der Waals surface area (Å²) in [6.07, 6.45) is 2.03. The molecule has 0 aliphatic carbocycles. The lowest BCUT2D eigenvalue weighted by Crippen LogP contribution is -2.40. The topological polar surface area (TPSA) is 96.0 Å². The van der Waals surface area contributed by atoms with E-state index in [0.29, 0.717) is 31.8 Å². The molecule has 1 aromatic carbocycles. The van der Waals surface area contributed by atoms with Gasteiger partial charge in [-0.25, -0.2) is 12.7 Å². The van der Waals surface area contributed by atoms with Crippen molar-refractivity contribution in [1.82, 2.24) is 9.21 Å². The van der Waals surface area contributed by atoms with Gasteiger partial charge >= 0.3 is 5.97 Å². The van der Waals surface area contributed by atoms with Crippen LogP contribution in [-0.4, -0.2) is 69.8 Å². The SMILES string of the molecule is CCOC(=O)C1CCCN(CCC(=O)Nc2ccc(S(=O)(=O)N(C)C)cc2)C1. The Hall–Kier alpha value is -1.97. The summed E-state index contributed by atoms with van der Waals surface area (Å²) in [7, 11) is -0.547. The van der Waals surface area contributed by atoms with E-state index in [1.807, 2.05) is 0 Å². The largest absolute Gasteiger partial charge is 0.466 e. The van der Waals surface area contributed by atoms with Crippen molar-refractivity contribution < 1.29 is 22.7 Å². The first-order valence-electron chi connectivity index (χ1n) is 9.45. The van der Waals surface area contributed by atoms with Gasteiger partial charge in [0.25, 0.3) is 0 Å². The second-order valence-corrected chi connectivity index (χ2v) is 9.15. The van der Waals surface area contributed by atoms with Crippen LogP contribution in [0.5, 0.6) is 0 Å². The summed E-state index contributed by atoms with van der Waals surface area (Å²) in [4.78, 5) is 26.4. The van der Waals surface area contributed by atoms with Crippen molar-refractivity contribution in [3.8, 4) is 0 Å². The number of carbonyl (C=O) groups is 2. The number of anilines is 1. The minimum atomic E-state index is -3.49. The van der Waals surface area contributed by atoms with Gasteiger partial charge in [0.1, 0.15) is 0 Å². The molecule has 1 heterocycles. The first-order chi connectivity index (χ1) is 13.2. The highest BCUT2D eigenvalue weighted by Crippen LogP contribution is 2.19. The molecule has 0 aromatic heterocycles. The van der Waals surface area contributed by atoms with Gasteiger partial charge < -0.3 is 15.0 Å².